The summed E-state index contributed by atoms with van der Waals surface area (Å²) < 4.78 is 0. The van der Waals surface area contributed by atoms with Crippen LogP contribution in [0.3, 0.4) is 0 Å². The third-order valence-electron chi connectivity index (χ3n) is 2.59. The maximum atomic E-state index is 3.75. The van der Waals surface area contributed by atoms with E-state index in [2.05, 4.69) is 24.8 Å². The first-order valence-corrected chi connectivity index (χ1v) is 4.62. The summed E-state index contributed by atoms with van der Waals surface area (Å²) in [5.74, 6) is 0. The first-order valence-electron chi connectivity index (χ1n) is 4.62. The molecule has 62 valence electrons. The van der Waals surface area contributed by atoms with Crippen LogP contribution in [0.1, 0.15) is 25.7 Å². The Morgan fingerprint density at radius 2 is 2.25 bits per heavy atom. The van der Waals surface area contributed by atoms with Gasteiger partial charge in [0.05, 0.1) is 0 Å². The van der Waals surface area contributed by atoms with Crippen LogP contribution in [0.15, 0.2) is 47.6 Å². The van der Waals surface area contributed by atoms with Crippen molar-refractivity contribution in [3.63, 3.8) is 0 Å². The second-order valence-electron chi connectivity index (χ2n) is 3.43. The van der Waals surface area contributed by atoms with Crippen molar-refractivity contribution in [1.82, 2.24) is 0 Å². The van der Waals surface area contributed by atoms with Gasteiger partial charge in [-0.15, -0.1) is 0 Å². The minimum Gasteiger partial charge on any atom is -0.0991 e. The third kappa shape index (κ3) is 1.29. The molecule has 0 aliphatic heterocycles. The van der Waals surface area contributed by atoms with E-state index in [4.69, 9.17) is 0 Å². The van der Waals surface area contributed by atoms with Gasteiger partial charge in [-0.2, -0.15) is 0 Å². The molecular weight excluding hydrogens is 144 g/mol. The molecule has 2 aliphatic carbocycles. The molecule has 0 fully saturated rings. The predicted octanol–water partition coefficient (Wildman–Crippen LogP) is 3.54. The Hall–Kier alpha value is -1.04. The van der Waals surface area contributed by atoms with Crippen LogP contribution in [0.4, 0.5) is 0 Å². The van der Waals surface area contributed by atoms with E-state index >= 15 is 0 Å². The molecule has 2 aliphatic rings. The molecule has 0 heteroatoms. The van der Waals surface area contributed by atoms with Crippen LogP contribution in [0.2, 0.25) is 0 Å². The molecule has 12 heavy (non-hydrogen) atoms. The fourth-order valence-corrected chi connectivity index (χ4v) is 1.96. The second-order valence-corrected chi connectivity index (χ2v) is 3.43. The fraction of sp³-hybridized carbons (Fsp3) is 0.333. The first kappa shape index (κ1) is 7.60. The highest BCUT2D eigenvalue weighted by Gasteiger charge is 2.14. The molecule has 2 rings (SSSR count). The maximum Gasteiger partial charge on any atom is -0.00888 e. The summed E-state index contributed by atoms with van der Waals surface area (Å²) in [6.07, 6.45) is 13.7. The van der Waals surface area contributed by atoms with E-state index in [0.717, 1.165) is 6.42 Å². The zero-order valence-corrected chi connectivity index (χ0v) is 7.34. The van der Waals surface area contributed by atoms with E-state index in [1.807, 2.05) is 6.08 Å². The smallest absolute Gasteiger partial charge is 0.00888 e. The summed E-state index contributed by atoms with van der Waals surface area (Å²) in [6, 6.07) is 0. The Balaban J connectivity index is 2.28. The molecule has 0 unspecified atom stereocenters. The quantitative estimate of drug-likeness (QED) is 0.547. The van der Waals surface area contributed by atoms with Gasteiger partial charge in [-0.05, 0) is 36.8 Å². The Morgan fingerprint density at radius 1 is 1.33 bits per heavy atom. The molecule has 0 saturated carbocycles. The van der Waals surface area contributed by atoms with Crippen molar-refractivity contribution in [3.05, 3.63) is 47.6 Å². The average Bonchev–Trinajstić information content (AvgIpc) is 2.41. The molecule has 0 aromatic rings. The van der Waals surface area contributed by atoms with Gasteiger partial charge in [0.1, 0.15) is 0 Å². The Labute approximate surface area is 74.0 Å². The predicted molar refractivity (Wildman–Crippen MR) is 52.9 cm³/mol. The lowest BCUT2D eigenvalue weighted by Crippen LogP contribution is -1.87. The van der Waals surface area contributed by atoms with Gasteiger partial charge in [0.15, 0.2) is 0 Å². The summed E-state index contributed by atoms with van der Waals surface area (Å²) in [6.45, 7) is 3.75. The van der Waals surface area contributed by atoms with Gasteiger partial charge in [-0.1, -0.05) is 36.5 Å². The second kappa shape index (κ2) is 3.14. The van der Waals surface area contributed by atoms with Crippen molar-refractivity contribution >= 4 is 0 Å². The molecule has 0 amide bonds. The van der Waals surface area contributed by atoms with Crippen molar-refractivity contribution in [2.75, 3.05) is 0 Å². The molecule has 0 atom stereocenters. The van der Waals surface area contributed by atoms with Gasteiger partial charge in [0, 0.05) is 0 Å². The molecule has 0 nitrogen and oxygen atoms in total. The highest BCUT2D eigenvalue weighted by molar-refractivity contribution is 5.46. The number of allylic oxidation sites excluding steroid dienone is 7. The molecule has 2 bridgehead atoms. The van der Waals surface area contributed by atoms with Gasteiger partial charge < -0.3 is 0 Å². The molecule has 0 aromatic carbocycles. The molecule has 0 radical (unpaired) electrons. The highest BCUT2D eigenvalue weighted by Crippen LogP contribution is 2.33. The molecule has 0 spiro atoms. The Bertz CT molecular complexity index is 287. The van der Waals surface area contributed by atoms with Crippen LogP contribution in [0, 0.1) is 0 Å². The van der Waals surface area contributed by atoms with Gasteiger partial charge in [0.25, 0.3) is 0 Å². The summed E-state index contributed by atoms with van der Waals surface area (Å²) in [5, 5.41) is 0. The largest absolute Gasteiger partial charge is 0.0991 e. The van der Waals surface area contributed by atoms with E-state index in [-0.39, 0.29) is 0 Å². The average molecular weight is 158 g/mol. The van der Waals surface area contributed by atoms with E-state index in [0.29, 0.717) is 0 Å². The Kier molecular flexibility index (Phi) is 1.99. The van der Waals surface area contributed by atoms with Crippen LogP contribution >= 0.6 is 0 Å². The summed E-state index contributed by atoms with van der Waals surface area (Å²) in [4.78, 5) is 0. The van der Waals surface area contributed by atoms with Gasteiger partial charge in [0.2, 0.25) is 0 Å². The van der Waals surface area contributed by atoms with Crippen LogP contribution in [0.25, 0.3) is 0 Å². The number of fused-ring (bicyclic) bond motifs is 1. The highest BCUT2D eigenvalue weighted by atomic mass is 14.2. The third-order valence-corrected chi connectivity index (χ3v) is 2.59. The van der Waals surface area contributed by atoms with Gasteiger partial charge >= 0.3 is 0 Å². The lowest BCUT2D eigenvalue weighted by atomic mass is 9.99. The van der Waals surface area contributed by atoms with Gasteiger partial charge in [-0.25, -0.2) is 0 Å². The van der Waals surface area contributed by atoms with Crippen LogP contribution in [-0.4, -0.2) is 0 Å². The van der Waals surface area contributed by atoms with E-state index in [1.165, 1.54) is 36.0 Å². The van der Waals surface area contributed by atoms with Crippen LogP contribution in [-0.2, 0) is 0 Å². The normalized spacial score (nSPS) is 24.8. The number of hydrogen-bond donors (Lipinski definition) is 0. The lowest BCUT2D eigenvalue weighted by Gasteiger charge is -2.06. The van der Waals surface area contributed by atoms with Gasteiger partial charge in [-0.3, -0.25) is 0 Å². The minimum absolute atomic E-state index is 1.15. The van der Waals surface area contributed by atoms with Crippen LogP contribution in [0.5, 0.6) is 0 Å². The molecule has 0 aromatic heterocycles. The number of hydrogen-bond acceptors (Lipinski definition) is 0. The fourth-order valence-electron chi connectivity index (χ4n) is 1.96. The van der Waals surface area contributed by atoms with E-state index in [1.54, 1.807) is 0 Å². The molecule has 0 N–H and O–H groups in total. The number of rotatable bonds is 1. The van der Waals surface area contributed by atoms with Crippen molar-refractivity contribution in [2.45, 2.75) is 25.7 Å². The standard InChI is InChI=1S/C12H14/c1-2-4-11-6-3-5-10-7-8-12(11)9-10/h2,4,7,9H,1,3,5-6,8H2/b11-4-. The monoisotopic (exact) mass is 158 g/mol. The summed E-state index contributed by atoms with van der Waals surface area (Å²) in [7, 11) is 0. The Morgan fingerprint density at radius 3 is 3.08 bits per heavy atom. The molecular formula is C12H14. The SMILES string of the molecule is C=C/C=C1/CCCC2=CCC1=C2. The van der Waals surface area contributed by atoms with E-state index in [9.17, 15) is 0 Å². The zero-order valence-electron chi connectivity index (χ0n) is 7.34. The topological polar surface area (TPSA) is 0 Å². The van der Waals surface area contributed by atoms with Crippen LogP contribution < -0.4 is 0 Å². The zero-order chi connectivity index (χ0) is 8.39. The van der Waals surface area contributed by atoms with Crippen molar-refractivity contribution < 1.29 is 0 Å². The van der Waals surface area contributed by atoms with Crippen molar-refractivity contribution in [1.29, 1.82) is 0 Å². The first-order chi connectivity index (χ1) is 5.90. The molecule has 0 heterocycles. The molecule has 0 saturated heterocycles. The van der Waals surface area contributed by atoms with Crippen molar-refractivity contribution in [3.8, 4) is 0 Å². The minimum atomic E-state index is 1.15. The summed E-state index contributed by atoms with van der Waals surface area (Å²) >= 11 is 0. The lowest BCUT2D eigenvalue weighted by molar-refractivity contribution is 0.821. The summed E-state index contributed by atoms with van der Waals surface area (Å²) in [5.41, 5.74) is 4.55. The maximum absolute atomic E-state index is 3.75. The van der Waals surface area contributed by atoms with Crippen molar-refractivity contribution in [2.24, 2.45) is 0 Å². The van der Waals surface area contributed by atoms with E-state index < -0.39 is 0 Å².